The number of fused-ring (bicyclic) bond motifs is 1. The monoisotopic (exact) mass is 309 g/mol. The summed E-state index contributed by atoms with van der Waals surface area (Å²) >= 11 is 0. The maximum Gasteiger partial charge on any atom is 0.340 e. The highest BCUT2D eigenvalue weighted by atomic mass is 16.5. The van der Waals surface area contributed by atoms with Crippen molar-refractivity contribution in [1.82, 2.24) is 4.57 Å². The third-order valence-electron chi connectivity index (χ3n) is 3.75. The lowest BCUT2D eigenvalue weighted by Gasteiger charge is -2.07. The van der Waals surface area contributed by atoms with Crippen LogP contribution in [0.5, 0.6) is 5.75 Å². The number of aryl methyl sites for hydroxylation is 1. The van der Waals surface area contributed by atoms with Crippen molar-refractivity contribution in [2.24, 2.45) is 0 Å². The van der Waals surface area contributed by atoms with Gasteiger partial charge in [0.2, 0.25) is 0 Å². The molecular weight excluding hydrogens is 290 g/mol. The minimum atomic E-state index is -0.305. The molecule has 0 unspecified atom stereocenters. The van der Waals surface area contributed by atoms with Crippen LogP contribution in [0.15, 0.2) is 60.8 Å². The summed E-state index contributed by atoms with van der Waals surface area (Å²) in [7, 11) is 1.40. The second kappa shape index (κ2) is 7.01. The first kappa shape index (κ1) is 15.2. The van der Waals surface area contributed by atoms with Crippen molar-refractivity contribution in [3.05, 3.63) is 66.4 Å². The Labute approximate surface area is 135 Å². The average molecular weight is 309 g/mol. The summed E-state index contributed by atoms with van der Waals surface area (Å²) in [5.41, 5.74) is 1.64. The Hall–Kier alpha value is -2.75. The molecule has 0 spiro atoms. The summed E-state index contributed by atoms with van der Waals surface area (Å²) < 4.78 is 12.7. The van der Waals surface area contributed by atoms with E-state index in [9.17, 15) is 4.79 Å². The van der Waals surface area contributed by atoms with Crippen molar-refractivity contribution in [2.75, 3.05) is 13.7 Å². The van der Waals surface area contributed by atoms with Gasteiger partial charge in [-0.25, -0.2) is 4.79 Å². The van der Waals surface area contributed by atoms with Crippen LogP contribution < -0.4 is 4.74 Å². The zero-order valence-corrected chi connectivity index (χ0v) is 13.1. The number of esters is 1. The van der Waals surface area contributed by atoms with E-state index >= 15 is 0 Å². The summed E-state index contributed by atoms with van der Waals surface area (Å²) in [5.74, 6) is 0.570. The van der Waals surface area contributed by atoms with Crippen molar-refractivity contribution >= 4 is 16.9 Å². The van der Waals surface area contributed by atoms with Gasteiger partial charge in [-0.2, -0.15) is 0 Å². The Morgan fingerprint density at radius 1 is 1.04 bits per heavy atom. The fourth-order valence-electron chi connectivity index (χ4n) is 2.65. The first-order valence-electron chi connectivity index (χ1n) is 7.63. The zero-order valence-electron chi connectivity index (χ0n) is 13.1. The highest BCUT2D eigenvalue weighted by Crippen LogP contribution is 2.22. The third-order valence-corrected chi connectivity index (χ3v) is 3.75. The molecular formula is C19H19NO3. The predicted molar refractivity (Wildman–Crippen MR) is 89.8 cm³/mol. The standard InChI is InChI=1S/C19H19NO3/c1-22-19(21)17-14-20(18-11-6-5-10-16(17)18)12-7-13-23-15-8-3-2-4-9-15/h2-6,8-11,14H,7,12-13H2,1H3. The van der Waals surface area contributed by atoms with Gasteiger partial charge in [-0.05, 0) is 24.6 Å². The largest absolute Gasteiger partial charge is 0.494 e. The van der Waals surface area contributed by atoms with E-state index in [0.717, 1.165) is 29.6 Å². The summed E-state index contributed by atoms with van der Waals surface area (Å²) in [6, 6.07) is 17.6. The number of carbonyl (C=O) groups is 1. The quantitative estimate of drug-likeness (QED) is 0.512. The molecule has 0 N–H and O–H groups in total. The van der Waals surface area contributed by atoms with Gasteiger partial charge in [-0.15, -0.1) is 0 Å². The van der Waals surface area contributed by atoms with Gasteiger partial charge in [-0.1, -0.05) is 36.4 Å². The Kier molecular flexibility index (Phi) is 4.62. The van der Waals surface area contributed by atoms with Gasteiger partial charge in [0.05, 0.1) is 19.3 Å². The molecule has 4 nitrogen and oxygen atoms in total. The van der Waals surface area contributed by atoms with Gasteiger partial charge < -0.3 is 14.0 Å². The van der Waals surface area contributed by atoms with E-state index in [1.807, 2.05) is 60.8 Å². The average Bonchev–Trinajstić information content (AvgIpc) is 2.98. The van der Waals surface area contributed by atoms with Crippen molar-refractivity contribution in [2.45, 2.75) is 13.0 Å². The molecule has 0 saturated heterocycles. The minimum absolute atomic E-state index is 0.305. The molecule has 3 aromatic rings. The molecule has 0 aliphatic carbocycles. The molecule has 1 aromatic heterocycles. The van der Waals surface area contributed by atoms with Gasteiger partial charge in [-0.3, -0.25) is 0 Å². The van der Waals surface area contributed by atoms with Gasteiger partial charge in [0.25, 0.3) is 0 Å². The number of para-hydroxylation sites is 2. The number of nitrogens with zero attached hydrogens (tertiary/aromatic N) is 1. The lowest BCUT2D eigenvalue weighted by Crippen LogP contribution is -2.04. The first-order valence-corrected chi connectivity index (χ1v) is 7.63. The molecule has 1 heterocycles. The SMILES string of the molecule is COC(=O)c1cn(CCCOc2ccccc2)c2ccccc12. The lowest BCUT2D eigenvalue weighted by molar-refractivity contribution is 0.0602. The van der Waals surface area contributed by atoms with E-state index in [1.54, 1.807) is 0 Å². The zero-order chi connectivity index (χ0) is 16.1. The molecule has 0 amide bonds. The van der Waals surface area contributed by atoms with Crippen LogP contribution in [0.25, 0.3) is 10.9 Å². The second-order valence-corrected chi connectivity index (χ2v) is 5.26. The van der Waals surface area contributed by atoms with Crippen molar-refractivity contribution < 1.29 is 14.3 Å². The Morgan fingerprint density at radius 3 is 2.57 bits per heavy atom. The summed E-state index contributed by atoms with van der Waals surface area (Å²) in [4.78, 5) is 11.9. The topological polar surface area (TPSA) is 40.5 Å². The molecule has 0 atom stereocenters. The molecule has 0 fully saturated rings. The number of hydrogen-bond donors (Lipinski definition) is 0. The first-order chi connectivity index (χ1) is 11.3. The van der Waals surface area contributed by atoms with Crippen LogP contribution in [0.4, 0.5) is 0 Å². The molecule has 0 bridgehead atoms. The van der Waals surface area contributed by atoms with Crippen LogP contribution in [0, 0.1) is 0 Å². The minimum Gasteiger partial charge on any atom is -0.494 e. The highest BCUT2D eigenvalue weighted by Gasteiger charge is 2.14. The summed E-state index contributed by atoms with van der Waals surface area (Å²) in [6.45, 7) is 1.41. The molecule has 23 heavy (non-hydrogen) atoms. The molecule has 0 aliphatic rings. The van der Waals surface area contributed by atoms with Gasteiger partial charge in [0.1, 0.15) is 5.75 Å². The maximum atomic E-state index is 11.9. The van der Waals surface area contributed by atoms with Crippen LogP contribution in [0.1, 0.15) is 16.8 Å². The molecule has 3 rings (SSSR count). The number of rotatable bonds is 6. The molecule has 0 aliphatic heterocycles. The van der Waals surface area contributed by atoms with E-state index < -0.39 is 0 Å². The van der Waals surface area contributed by atoms with E-state index in [1.165, 1.54) is 7.11 Å². The van der Waals surface area contributed by atoms with E-state index in [0.29, 0.717) is 12.2 Å². The third kappa shape index (κ3) is 3.37. The van der Waals surface area contributed by atoms with Crippen LogP contribution in [0.3, 0.4) is 0 Å². The van der Waals surface area contributed by atoms with Crippen molar-refractivity contribution in [1.29, 1.82) is 0 Å². The van der Waals surface area contributed by atoms with Crippen LogP contribution in [-0.4, -0.2) is 24.3 Å². The number of benzene rings is 2. The van der Waals surface area contributed by atoms with Gasteiger partial charge >= 0.3 is 5.97 Å². The number of ether oxygens (including phenoxy) is 2. The predicted octanol–water partition coefficient (Wildman–Crippen LogP) is 3.90. The number of methoxy groups -OCH3 is 1. The van der Waals surface area contributed by atoms with Gasteiger partial charge in [0, 0.05) is 23.6 Å². The highest BCUT2D eigenvalue weighted by molar-refractivity contribution is 6.04. The molecule has 118 valence electrons. The Morgan fingerprint density at radius 2 is 1.78 bits per heavy atom. The van der Waals surface area contributed by atoms with E-state index in [4.69, 9.17) is 9.47 Å². The Balaban J connectivity index is 1.69. The molecule has 0 saturated carbocycles. The summed E-state index contributed by atoms with van der Waals surface area (Å²) in [6.07, 6.45) is 2.72. The second-order valence-electron chi connectivity index (χ2n) is 5.26. The Bertz CT molecular complexity index is 793. The van der Waals surface area contributed by atoms with Gasteiger partial charge in [0.15, 0.2) is 0 Å². The van der Waals surface area contributed by atoms with E-state index in [2.05, 4.69) is 4.57 Å². The van der Waals surface area contributed by atoms with E-state index in [-0.39, 0.29) is 5.97 Å². The maximum absolute atomic E-state index is 11.9. The smallest absolute Gasteiger partial charge is 0.340 e. The molecule has 4 heteroatoms. The normalized spacial score (nSPS) is 10.7. The lowest BCUT2D eigenvalue weighted by atomic mass is 10.2. The van der Waals surface area contributed by atoms with Crippen LogP contribution >= 0.6 is 0 Å². The molecule has 2 aromatic carbocycles. The van der Waals surface area contributed by atoms with Crippen molar-refractivity contribution in [3.8, 4) is 5.75 Å². The van der Waals surface area contributed by atoms with Crippen molar-refractivity contribution in [3.63, 3.8) is 0 Å². The summed E-state index contributed by atoms with van der Waals surface area (Å²) in [5, 5.41) is 0.920. The number of hydrogen-bond acceptors (Lipinski definition) is 3. The number of carbonyl (C=O) groups excluding carboxylic acids is 1. The van der Waals surface area contributed by atoms with Crippen LogP contribution in [-0.2, 0) is 11.3 Å². The fourth-order valence-corrected chi connectivity index (χ4v) is 2.65. The number of aromatic nitrogens is 1. The fraction of sp³-hybridized carbons (Fsp3) is 0.211. The molecule has 0 radical (unpaired) electrons. The van der Waals surface area contributed by atoms with Crippen LogP contribution in [0.2, 0.25) is 0 Å².